The van der Waals surface area contributed by atoms with E-state index in [1.165, 1.54) is 23.5 Å². The van der Waals surface area contributed by atoms with E-state index in [4.69, 9.17) is 0 Å². The molecule has 0 unspecified atom stereocenters. The SMILES string of the molecule is CSCCN(C)S(=O)(=O)c1ccc(CNC(C)C)cc1F. The molecule has 0 fully saturated rings. The first-order chi connectivity index (χ1) is 9.78. The van der Waals surface area contributed by atoms with Crippen molar-refractivity contribution in [1.29, 1.82) is 0 Å². The molecule has 0 aliphatic carbocycles. The third kappa shape index (κ3) is 5.25. The molecule has 120 valence electrons. The second-order valence-corrected chi connectivity index (χ2v) is 8.12. The van der Waals surface area contributed by atoms with Crippen molar-refractivity contribution in [2.75, 3.05) is 25.6 Å². The number of hydrogen-bond acceptors (Lipinski definition) is 4. The standard InChI is InChI=1S/C14H23FN2O2S2/c1-11(2)16-10-12-5-6-14(13(15)9-12)21(18,19)17(3)7-8-20-4/h5-6,9,11,16H,7-8,10H2,1-4H3. The van der Waals surface area contributed by atoms with Gasteiger partial charge in [-0.25, -0.2) is 17.1 Å². The molecule has 0 aliphatic rings. The molecule has 7 heteroatoms. The molecule has 0 saturated carbocycles. The van der Waals surface area contributed by atoms with Crippen molar-refractivity contribution in [2.24, 2.45) is 0 Å². The van der Waals surface area contributed by atoms with Gasteiger partial charge in [0.2, 0.25) is 10.0 Å². The Balaban J connectivity index is 2.93. The van der Waals surface area contributed by atoms with Crippen molar-refractivity contribution >= 4 is 21.8 Å². The van der Waals surface area contributed by atoms with E-state index in [9.17, 15) is 12.8 Å². The van der Waals surface area contributed by atoms with Crippen molar-refractivity contribution in [3.8, 4) is 0 Å². The van der Waals surface area contributed by atoms with Crippen LogP contribution in [-0.2, 0) is 16.6 Å². The van der Waals surface area contributed by atoms with E-state index in [2.05, 4.69) is 5.32 Å². The van der Waals surface area contributed by atoms with Crippen LogP contribution in [0.2, 0.25) is 0 Å². The minimum Gasteiger partial charge on any atom is -0.310 e. The van der Waals surface area contributed by atoms with Crippen LogP contribution in [0.5, 0.6) is 0 Å². The topological polar surface area (TPSA) is 49.4 Å². The Morgan fingerprint density at radius 1 is 1.38 bits per heavy atom. The van der Waals surface area contributed by atoms with E-state index < -0.39 is 15.8 Å². The molecule has 0 amide bonds. The number of benzene rings is 1. The number of rotatable bonds is 8. The normalized spacial score (nSPS) is 12.3. The predicted octanol–water partition coefficient (Wildman–Crippen LogP) is 2.31. The fraction of sp³-hybridized carbons (Fsp3) is 0.571. The summed E-state index contributed by atoms with van der Waals surface area (Å²) in [5, 5.41) is 3.17. The molecule has 0 radical (unpaired) electrons. The first-order valence-electron chi connectivity index (χ1n) is 6.76. The van der Waals surface area contributed by atoms with Crippen molar-refractivity contribution in [3.63, 3.8) is 0 Å². The lowest BCUT2D eigenvalue weighted by molar-refractivity contribution is 0.479. The molecule has 1 rings (SSSR count). The highest BCUT2D eigenvalue weighted by atomic mass is 32.2. The monoisotopic (exact) mass is 334 g/mol. The Kier molecular flexibility index (Phi) is 7.12. The largest absolute Gasteiger partial charge is 0.310 e. The number of nitrogens with one attached hydrogen (secondary N) is 1. The van der Waals surface area contributed by atoms with Crippen LogP contribution in [0.1, 0.15) is 19.4 Å². The van der Waals surface area contributed by atoms with Crippen molar-refractivity contribution in [2.45, 2.75) is 31.3 Å². The van der Waals surface area contributed by atoms with Crippen LogP contribution in [0.4, 0.5) is 4.39 Å². The lowest BCUT2D eigenvalue weighted by Crippen LogP contribution is -2.30. The van der Waals surface area contributed by atoms with Crippen LogP contribution < -0.4 is 5.32 Å². The molecule has 21 heavy (non-hydrogen) atoms. The van der Waals surface area contributed by atoms with E-state index in [1.807, 2.05) is 20.1 Å². The zero-order valence-electron chi connectivity index (χ0n) is 12.9. The minimum absolute atomic E-state index is 0.264. The zero-order chi connectivity index (χ0) is 16.0. The van der Waals surface area contributed by atoms with Crippen molar-refractivity contribution in [1.82, 2.24) is 9.62 Å². The maximum atomic E-state index is 14.1. The quantitative estimate of drug-likeness (QED) is 0.792. The van der Waals surface area contributed by atoms with Crippen LogP contribution in [0, 0.1) is 5.82 Å². The van der Waals surface area contributed by atoms with Crippen molar-refractivity contribution in [3.05, 3.63) is 29.6 Å². The first-order valence-corrected chi connectivity index (χ1v) is 9.59. The molecule has 1 aromatic carbocycles. The van der Waals surface area contributed by atoms with Gasteiger partial charge in [-0.2, -0.15) is 11.8 Å². The third-order valence-corrected chi connectivity index (χ3v) is 5.49. The molecule has 0 spiro atoms. The Bertz CT molecular complexity index is 562. The average molecular weight is 334 g/mol. The summed E-state index contributed by atoms with van der Waals surface area (Å²) in [6.07, 6.45) is 1.90. The van der Waals surface area contributed by atoms with Crippen LogP contribution in [0.15, 0.2) is 23.1 Å². The highest BCUT2D eigenvalue weighted by Crippen LogP contribution is 2.20. The van der Waals surface area contributed by atoms with Crippen molar-refractivity contribution < 1.29 is 12.8 Å². The van der Waals surface area contributed by atoms with E-state index in [0.717, 1.165) is 5.56 Å². The Morgan fingerprint density at radius 3 is 2.57 bits per heavy atom. The molecule has 1 aromatic rings. The Hall–Kier alpha value is -0.630. The summed E-state index contributed by atoms with van der Waals surface area (Å²) in [4.78, 5) is -0.264. The summed E-state index contributed by atoms with van der Waals surface area (Å²) >= 11 is 1.55. The fourth-order valence-electron chi connectivity index (χ4n) is 1.69. The number of thioether (sulfide) groups is 1. The highest BCUT2D eigenvalue weighted by molar-refractivity contribution is 7.98. The maximum absolute atomic E-state index is 14.1. The summed E-state index contributed by atoms with van der Waals surface area (Å²) in [7, 11) is -2.29. The van der Waals surface area contributed by atoms with E-state index in [1.54, 1.807) is 17.8 Å². The van der Waals surface area contributed by atoms with Gasteiger partial charge in [0.15, 0.2) is 0 Å². The van der Waals surface area contributed by atoms with Crippen LogP contribution >= 0.6 is 11.8 Å². The predicted molar refractivity (Wildman–Crippen MR) is 86.6 cm³/mol. The molecule has 0 bridgehead atoms. The van der Waals surface area contributed by atoms with Gasteiger partial charge < -0.3 is 5.32 Å². The Labute approximate surface area is 131 Å². The number of nitrogens with zero attached hydrogens (tertiary/aromatic N) is 1. The van der Waals surface area contributed by atoms with Gasteiger partial charge >= 0.3 is 0 Å². The maximum Gasteiger partial charge on any atom is 0.245 e. The first kappa shape index (κ1) is 18.4. The molecule has 0 aliphatic heterocycles. The van der Waals surface area contributed by atoms with Gasteiger partial charge in [0, 0.05) is 31.9 Å². The second-order valence-electron chi connectivity index (χ2n) is 5.12. The smallest absolute Gasteiger partial charge is 0.245 e. The average Bonchev–Trinajstić information content (AvgIpc) is 2.42. The van der Waals surface area contributed by atoms with Gasteiger partial charge in [0.05, 0.1) is 0 Å². The lowest BCUT2D eigenvalue weighted by atomic mass is 10.2. The van der Waals surface area contributed by atoms with Gasteiger partial charge in [-0.1, -0.05) is 19.9 Å². The van der Waals surface area contributed by atoms with E-state index in [-0.39, 0.29) is 10.9 Å². The van der Waals surface area contributed by atoms with Gasteiger partial charge in [0.25, 0.3) is 0 Å². The molecule has 0 saturated heterocycles. The van der Waals surface area contributed by atoms with Gasteiger partial charge in [-0.15, -0.1) is 0 Å². The van der Waals surface area contributed by atoms with Gasteiger partial charge in [-0.05, 0) is 24.0 Å². The third-order valence-electron chi connectivity index (χ3n) is 3.01. The fourth-order valence-corrected chi connectivity index (χ4v) is 3.48. The molecule has 0 heterocycles. The summed E-state index contributed by atoms with van der Waals surface area (Å²) in [6.45, 7) is 4.86. The summed E-state index contributed by atoms with van der Waals surface area (Å²) < 4.78 is 39.9. The number of halogens is 1. The van der Waals surface area contributed by atoms with Crippen LogP contribution in [0.25, 0.3) is 0 Å². The summed E-state index contributed by atoms with van der Waals surface area (Å²) in [5.41, 5.74) is 0.729. The van der Waals surface area contributed by atoms with E-state index in [0.29, 0.717) is 18.8 Å². The summed E-state index contributed by atoms with van der Waals surface area (Å²) in [5.74, 6) is -0.0256. The van der Waals surface area contributed by atoms with Crippen LogP contribution in [-0.4, -0.2) is 44.4 Å². The van der Waals surface area contributed by atoms with Gasteiger partial charge in [0.1, 0.15) is 10.7 Å². The summed E-state index contributed by atoms with van der Waals surface area (Å²) in [6, 6.07) is 4.56. The highest BCUT2D eigenvalue weighted by Gasteiger charge is 2.24. The zero-order valence-corrected chi connectivity index (χ0v) is 14.5. The minimum atomic E-state index is -3.77. The Morgan fingerprint density at radius 2 is 2.05 bits per heavy atom. The molecular weight excluding hydrogens is 311 g/mol. The number of sulfonamides is 1. The van der Waals surface area contributed by atoms with E-state index >= 15 is 0 Å². The molecule has 4 nitrogen and oxygen atoms in total. The van der Waals surface area contributed by atoms with Gasteiger partial charge in [-0.3, -0.25) is 0 Å². The van der Waals surface area contributed by atoms with Crippen LogP contribution in [0.3, 0.4) is 0 Å². The lowest BCUT2D eigenvalue weighted by Gasteiger charge is -2.17. The second kappa shape index (κ2) is 8.12. The molecule has 0 aromatic heterocycles. The molecule has 0 atom stereocenters. The number of hydrogen-bond donors (Lipinski definition) is 1. The molecular formula is C14H23FN2O2S2. The molecule has 1 N–H and O–H groups in total.